The lowest BCUT2D eigenvalue weighted by Gasteiger charge is -2.36. The van der Waals surface area contributed by atoms with Crippen molar-refractivity contribution in [2.45, 2.75) is 29.6 Å². The number of nitrogens with zero attached hydrogens (tertiary/aromatic N) is 2. The molecule has 1 N–H and O–H groups in total. The van der Waals surface area contributed by atoms with Crippen molar-refractivity contribution in [1.82, 2.24) is 14.5 Å². The van der Waals surface area contributed by atoms with E-state index in [0.29, 0.717) is 38.9 Å². The van der Waals surface area contributed by atoms with Gasteiger partial charge < -0.3 is 14.5 Å². The van der Waals surface area contributed by atoms with Gasteiger partial charge in [0.1, 0.15) is 10.3 Å². The number of nitrogens with one attached hydrogen (secondary N) is 1. The van der Waals surface area contributed by atoms with Gasteiger partial charge in [0.25, 0.3) is 10.0 Å². The Bertz CT molecular complexity index is 784. The summed E-state index contributed by atoms with van der Waals surface area (Å²) in [5.41, 5.74) is -0.506. The molecule has 2 fully saturated rings. The summed E-state index contributed by atoms with van der Waals surface area (Å²) >= 11 is 1.10. The molecule has 0 aromatic carbocycles. The van der Waals surface area contributed by atoms with E-state index in [2.05, 4.69) is 4.72 Å². The molecule has 1 unspecified atom stereocenters. The molecule has 8 nitrogen and oxygen atoms in total. The molecule has 3 heterocycles. The monoisotopic (exact) mass is 415 g/mol. The Kier molecular flexibility index (Phi) is 5.90. The topological polar surface area (TPSA) is 96.0 Å². The predicted octanol–water partition coefficient (Wildman–Crippen LogP) is 0.512. The summed E-state index contributed by atoms with van der Waals surface area (Å²) in [6, 6.07) is 3.15. The van der Waals surface area contributed by atoms with Crippen LogP contribution in [0.4, 0.5) is 0 Å². The Labute approximate surface area is 163 Å². The molecule has 1 aromatic rings. The lowest BCUT2D eigenvalue weighted by molar-refractivity contribution is -0.152. The molecule has 0 saturated carbocycles. The standard InChI is InChI=1S/C17H25N3O5S2/c1-19(2)12-13-10-17(16(22)25-13)5-7-20(8-6-17)14(21)11-18-27(23,24)15-4-3-9-26-15/h3-4,9,13,18H,5-8,10-12H2,1-2H3. The first-order valence-electron chi connectivity index (χ1n) is 8.89. The number of sulfonamides is 1. The number of esters is 1. The largest absolute Gasteiger partial charge is 0.461 e. The lowest BCUT2D eigenvalue weighted by atomic mass is 9.76. The summed E-state index contributed by atoms with van der Waals surface area (Å²) in [7, 11) is 0.225. The van der Waals surface area contributed by atoms with Crippen molar-refractivity contribution in [3.8, 4) is 0 Å². The minimum absolute atomic E-state index is 0.104. The molecule has 0 aliphatic carbocycles. The highest BCUT2D eigenvalue weighted by Gasteiger charge is 2.50. The number of rotatable bonds is 6. The number of carbonyl (C=O) groups excluding carboxylic acids is 2. The van der Waals surface area contributed by atoms with Crippen LogP contribution in [0.15, 0.2) is 21.7 Å². The van der Waals surface area contributed by atoms with Crippen molar-refractivity contribution in [3.05, 3.63) is 17.5 Å². The van der Waals surface area contributed by atoms with E-state index in [1.54, 1.807) is 16.3 Å². The Morgan fingerprint density at radius 3 is 2.70 bits per heavy atom. The number of ether oxygens (including phenoxy) is 1. The summed E-state index contributed by atoms with van der Waals surface area (Å²) in [4.78, 5) is 28.4. The van der Waals surface area contributed by atoms with E-state index in [-0.39, 0.29) is 28.7 Å². The van der Waals surface area contributed by atoms with E-state index < -0.39 is 15.4 Å². The zero-order valence-electron chi connectivity index (χ0n) is 15.5. The maximum absolute atomic E-state index is 12.4. The third-order valence-corrected chi connectivity index (χ3v) is 7.94. The average Bonchev–Trinajstić information content (AvgIpc) is 3.23. The van der Waals surface area contributed by atoms with Gasteiger partial charge in [-0.1, -0.05) is 6.07 Å². The van der Waals surface area contributed by atoms with Crippen molar-refractivity contribution in [3.63, 3.8) is 0 Å². The third kappa shape index (κ3) is 4.50. The predicted molar refractivity (Wildman–Crippen MR) is 101 cm³/mol. The SMILES string of the molecule is CN(C)CC1CC2(CCN(C(=O)CNS(=O)(=O)c3cccs3)CC2)C(=O)O1. The zero-order chi connectivity index (χ0) is 19.7. The smallest absolute Gasteiger partial charge is 0.312 e. The molecule has 27 heavy (non-hydrogen) atoms. The molecule has 0 radical (unpaired) electrons. The maximum Gasteiger partial charge on any atom is 0.312 e. The highest BCUT2D eigenvalue weighted by Crippen LogP contribution is 2.43. The molecule has 2 aliphatic heterocycles. The molecule has 3 rings (SSSR count). The molecule has 2 aliphatic rings. The third-order valence-electron chi connectivity index (χ3n) is 5.14. The molecular formula is C17H25N3O5S2. The fourth-order valence-corrected chi connectivity index (χ4v) is 5.71. The van der Waals surface area contributed by atoms with Crippen LogP contribution in [0.1, 0.15) is 19.3 Å². The van der Waals surface area contributed by atoms with Crippen molar-refractivity contribution in [1.29, 1.82) is 0 Å². The van der Waals surface area contributed by atoms with Gasteiger partial charge in [0.2, 0.25) is 5.91 Å². The van der Waals surface area contributed by atoms with E-state index >= 15 is 0 Å². The summed E-state index contributed by atoms with van der Waals surface area (Å²) in [6.45, 7) is 1.29. The van der Waals surface area contributed by atoms with Crippen molar-refractivity contribution in [2.24, 2.45) is 5.41 Å². The van der Waals surface area contributed by atoms with Crippen molar-refractivity contribution in [2.75, 3.05) is 40.3 Å². The van der Waals surface area contributed by atoms with E-state index in [0.717, 1.165) is 11.3 Å². The van der Waals surface area contributed by atoms with Crippen LogP contribution in [0.2, 0.25) is 0 Å². The van der Waals surface area contributed by atoms with E-state index in [9.17, 15) is 18.0 Å². The van der Waals surface area contributed by atoms with Crippen LogP contribution >= 0.6 is 11.3 Å². The molecule has 1 spiro atoms. The van der Waals surface area contributed by atoms with Crippen LogP contribution in [0.5, 0.6) is 0 Å². The van der Waals surface area contributed by atoms with Gasteiger partial charge >= 0.3 is 5.97 Å². The first-order chi connectivity index (χ1) is 12.7. The molecule has 1 amide bonds. The van der Waals surface area contributed by atoms with Crippen LogP contribution < -0.4 is 4.72 Å². The van der Waals surface area contributed by atoms with Crippen LogP contribution in [-0.4, -0.2) is 76.5 Å². The van der Waals surface area contributed by atoms with E-state index in [4.69, 9.17) is 4.74 Å². The van der Waals surface area contributed by atoms with Gasteiger partial charge in [-0.05, 0) is 38.4 Å². The highest BCUT2D eigenvalue weighted by molar-refractivity contribution is 7.91. The molecular weight excluding hydrogens is 390 g/mol. The van der Waals surface area contributed by atoms with Gasteiger partial charge in [0, 0.05) is 26.1 Å². The number of amides is 1. The summed E-state index contributed by atoms with van der Waals surface area (Å²) in [6.07, 6.45) is 1.68. The molecule has 1 aromatic heterocycles. The fourth-order valence-electron chi connectivity index (χ4n) is 3.69. The Morgan fingerprint density at radius 1 is 1.41 bits per heavy atom. The number of likely N-dealkylation sites (tertiary alicyclic amines) is 1. The first kappa shape index (κ1) is 20.2. The number of thiophene rings is 1. The number of cyclic esters (lactones) is 1. The van der Waals surface area contributed by atoms with E-state index in [1.807, 2.05) is 19.0 Å². The summed E-state index contributed by atoms with van der Waals surface area (Å²) in [5, 5.41) is 1.67. The normalized spacial score (nSPS) is 22.4. The molecule has 10 heteroatoms. The molecule has 0 bridgehead atoms. The van der Waals surface area contributed by atoms with Crippen LogP contribution in [0.3, 0.4) is 0 Å². The van der Waals surface area contributed by atoms with Gasteiger partial charge in [-0.15, -0.1) is 11.3 Å². The number of piperidine rings is 1. The quantitative estimate of drug-likeness (QED) is 0.681. The fraction of sp³-hybridized carbons (Fsp3) is 0.647. The molecule has 1 atom stereocenters. The van der Waals surface area contributed by atoms with Crippen LogP contribution in [0.25, 0.3) is 0 Å². The number of likely N-dealkylation sites (N-methyl/N-ethyl adjacent to an activating group) is 1. The number of hydrogen-bond donors (Lipinski definition) is 1. The lowest BCUT2D eigenvalue weighted by Crippen LogP contribution is -2.48. The van der Waals surface area contributed by atoms with Gasteiger partial charge in [0.05, 0.1) is 12.0 Å². The van der Waals surface area contributed by atoms with Gasteiger partial charge in [-0.3, -0.25) is 9.59 Å². The minimum Gasteiger partial charge on any atom is -0.461 e. The first-order valence-corrected chi connectivity index (χ1v) is 11.2. The Balaban J connectivity index is 1.52. The summed E-state index contributed by atoms with van der Waals surface area (Å²) < 4.78 is 32.3. The number of hydrogen-bond acceptors (Lipinski definition) is 7. The zero-order valence-corrected chi connectivity index (χ0v) is 17.1. The van der Waals surface area contributed by atoms with Crippen molar-refractivity contribution >= 4 is 33.2 Å². The highest BCUT2D eigenvalue weighted by atomic mass is 32.2. The molecule has 150 valence electrons. The van der Waals surface area contributed by atoms with Gasteiger partial charge in [-0.25, -0.2) is 13.1 Å². The van der Waals surface area contributed by atoms with Crippen LogP contribution in [-0.2, 0) is 24.3 Å². The second kappa shape index (κ2) is 7.86. The second-order valence-corrected chi connectivity index (χ2v) is 10.4. The Morgan fingerprint density at radius 2 is 2.11 bits per heavy atom. The van der Waals surface area contributed by atoms with Gasteiger partial charge in [-0.2, -0.15) is 0 Å². The maximum atomic E-state index is 12.4. The van der Waals surface area contributed by atoms with Crippen molar-refractivity contribution < 1.29 is 22.7 Å². The minimum atomic E-state index is -3.66. The average molecular weight is 416 g/mol. The number of carbonyl (C=O) groups is 2. The summed E-state index contributed by atoms with van der Waals surface area (Å²) in [5.74, 6) is -0.443. The Hall–Kier alpha value is -1.49. The van der Waals surface area contributed by atoms with Gasteiger partial charge in [0.15, 0.2) is 0 Å². The second-order valence-electron chi connectivity index (χ2n) is 7.41. The van der Waals surface area contributed by atoms with E-state index in [1.165, 1.54) is 6.07 Å². The molecule has 2 saturated heterocycles. The van der Waals surface area contributed by atoms with Crippen LogP contribution in [0, 0.1) is 5.41 Å².